The van der Waals surface area contributed by atoms with Crippen LogP contribution in [0.4, 0.5) is 11.4 Å². The summed E-state index contributed by atoms with van der Waals surface area (Å²) in [5, 5.41) is 1.09. The lowest BCUT2D eigenvalue weighted by atomic mass is 9.82. The van der Waals surface area contributed by atoms with Crippen molar-refractivity contribution in [2.45, 2.75) is 12.0 Å². The average Bonchev–Trinajstić information content (AvgIpc) is 3.64. The van der Waals surface area contributed by atoms with Crippen molar-refractivity contribution in [3.63, 3.8) is 0 Å². The molecule has 0 fully saturated rings. The third-order valence-electron chi connectivity index (χ3n) is 8.67. The Morgan fingerprint density at radius 2 is 1.16 bits per heavy atom. The molecule has 0 saturated carbocycles. The monoisotopic (exact) mass is 566 g/mol. The van der Waals surface area contributed by atoms with Gasteiger partial charge in [0.15, 0.2) is 17.5 Å². The summed E-state index contributed by atoms with van der Waals surface area (Å²) in [6, 6.07) is 46.0. The molecule has 2 aromatic heterocycles. The number of rotatable bonds is 4. The Labute approximate surface area is 254 Å². The summed E-state index contributed by atoms with van der Waals surface area (Å²) in [6.07, 6.45) is 4.43. The lowest BCUT2D eigenvalue weighted by molar-refractivity contribution is 0.584. The van der Waals surface area contributed by atoms with Crippen molar-refractivity contribution < 1.29 is 4.42 Å². The molecule has 0 spiro atoms. The second-order valence-corrected chi connectivity index (χ2v) is 11.2. The number of hydrogen-bond acceptors (Lipinski definition) is 5. The number of anilines is 2. The molecular weight excluding hydrogens is 540 g/mol. The predicted octanol–water partition coefficient (Wildman–Crippen LogP) is 9.30. The summed E-state index contributed by atoms with van der Waals surface area (Å²) >= 11 is 0. The average molecular weight is 567 g/mol. The molecule has 2 aliphatic rings. The van der Waals surface area contributed by atoms with E-state index in [-0.39, 0.29) is 12.0 Å². The van der Waals surface area contributed by atoms with E-state index in [9.17, 15) is 0 Å². The first-order chi connectivity index (χ1) is 21.8. The zero-order valence-electron chi connectivity index (χ0n) is 23.7. The van der Waals surface area contributed by atoms with Gasteiger partial charge < -0.3 is 9.32 Å². The van der Waals surface area contributed by atoms with Gasteiger partial charge in [0.2, 0.25) is 0 Å². The van der Waals surface area contributed by atoms with Crippen LogP contribution in [0.2, 0.25) is 0 Å². The van der Waals surface area contributed by atoms with Crippen LogP contribution in [0.15, 0.2) is 144 Å². The molecule has 2 unspecified atom stereocenters. The van der Waals surface area contributed by atoms with Crippen LogP contribution in [0, 0.1) is 0 Å². The second-order valence-electron chi connectivity index (χ2n) is 11.2. The first-order valence-corrected chi connectivity index (χ1v) is 14.9. The fourth-order valence-corrected chi connectivity index (χ4v) is 6.73. The van der Waals surface area contributed by atoms with Crippen LogP contribution >= 0.6 is 0 Å². The quantitative estimate of drug-likeness (QED) is 0.212. The highest BCUT2D eigenvalue weighted by Gasteiger charge is 2.43. The van der Waals surface area contributed by atoms with Crippen LogP contribution in [-0.2, 0) is 0 Å². The molecular formula is C39H26N4O. The van der Waals surface area contributed by atoms with Crippen molar-refractivity contribution >= 4 is 28.4 Å². The maximum absolute atomic E-state index is 6.47. The Balaban J connectivity index is 1.22. The third kappa shape index (κ3) is 3.90. The van der Waals surface area contributed by atoms with Crippen molar-refractivity contribution in [2.75, 3.05) is 4.90 Å². The summed E-state index contributed by atoms with van der Waals surface area (Å²) in [7, 11) is 0. The van der Waals surface area contributed by atoms with Gasteiger partial charge in [0.25, 0.3) is 0 Å². The van der Waals surface area contributed by atoms with Gasteiger partial charge >= 0.3 is 0 Å². The van der Waals surface area contributed by atoms with Gasteiger partial charge in [-0.1, -0.05) is 103 Å². The van der Waals surface area contributed by atoms with Crippen molar-refractivity contribution in [3.05, 3.63) is 156 Å². The Hall–Kier alpha value is -5.81. The second kappa shape index (κ2) is 9.89. The van der Waals surface area contributed by atoms with Crippen LogP contribution in [0.25, 0.3) is 51.2 Å². The Bertz CT molecular complexity index is 2130. The van der Waals surface area contributed by atoms with E-state index < -0.39 is 0 Å². The highest BCUT2D eigenvalue weighted by Crippen LogP contribution is 2.53. The lowest BCUT2D eigenvalue weighted by Crippen LogP contribution is -2.30. The largest absolute Gasteiger partial charge is 0.456 e. The molecule has 9 rings (SSSR count). The summed E-state index contributed by atoms with van der Waals surface area (Å²) in [5.41, 5.74) is 8.61. The fraction of sp³-hybridized carbons (Fsp3) is 0.0513. The molecule has 44 heavy (non-hydrogen) atoms. The highest BCUT2D eigenvalue weighted by atomic mass is 16.3. The molecule has 7 aromatic rings. The molecule has 1 aliphatic carbocycles. The Kier molecular flexibility index (Phi) is 5.56. The van der Waals surface area contributed by atoms with E-state index in [4.69, 9.17) is 19.4 Å². The number of nitrogens with zero attached hydrogens (tertiary/aromatic N) is 4. The van der Waals surface area contributed by atoms with Crippen molar-refractivity contribution in [1.29, 1.82) is 0 Å². The maximum atomic E-state index is 6.47. The molecule has 1 aliphatic heterocycles. The van der Waals surface area contributed by atoms with Gasteiger partial charge in [-0.2, -0.15) is 0 Å². The number of fused-ring (bicyclic) bond motifs is 7. The van der Waals surface area contributed by atoms with Gasteiger partial charge in [-0.25, -0.2) is 15.0 Å². The van der Waals surface area contributed by atoms with Gasteiger partial charge in [0.05, 0.1) is 6.04 Å². The summed E-state index contributed by atoms with van der Waals surface area (Å²) in [5.74, 6) is 2.97. The Morgan fingerprint density at radius 3 is 1.84 bits per heavy atom. The minimum absolute atomic E-state index is 0.126. The molecule has 0 bridgehead atoms. The smallest absolute Gasteiger partial charge is 0.164 e. The van der Waals surface area contributed by atoms with Crippen LogP contribution in [-0.4, -0.2) is 21.0 Å². The number of furan rings is 1. The first kappa shape index (κ1) is 24.8. The summed E-state index contributed by atoms with van der Waals surface area (Å²) < 4.78 is 6.47. The van der Waals surface area contributed by atoms with E-state index in [1.165, 1.54) is 22.5 Å². The molecule has 208 valence electrons. The molecule has 5 aromatic carbocycles. The van der Waals surface area contributed by atoms with E-state index in [0.717, 1.165) is 33.4 Å². The van der Waals surface area contributed by atoms with Crippen LogP contribution in [0.3, 0.4) is 0 Å². The van der Waals surface area contributed by atoms with Gasteiger partial charge in [0, 0.05) is 44.9 Å². The fourth-order valence-electron chi connectivity index (χ4n) is 6.73. The number of benzene rings is 5. The standard InChI is InChI=1S/C39H26N4O/c1-4-12-25(13-5-1)37-40-38(26-14-6-2-7-15-26)42-39(41-37)27-20-22-33-30(24-27)36-34(44-33)23-21-32-35(36)29-18-10-11-19-31(29)43(32)28-16-8-3-9-17-28/h1-24,32,35H. The minimum atomic E-state index is 0.126. The number of aromatic nitrogens is 3. The number of para-hydroxylation sites is 2. The van der Waals surface area contributed by atoms with E-state index in [2.05, 4.69) is 89.8 Å². The topological polar surface area (TPSA) is 55.1 Å². The third-order valence-corrected chi connectivity index (χ3v) is 8.67. The van der Waals surface area contributed by atoms with Crippen molar-refractivity contribution in [2.24, 2.45) is 0 Å². The van der Waals surface area contributed by atoms with Crippen molar-refractivity contribution in [1.82, 2.24) is 15.0 Å². The zero-order chi connectivity index (χ0) is 29.0. The summed E-state index contributed by atoms with van der Waals surface area (Å²) in [6.45, 7) is 0. The van der Waals surface area contributed by atoms with Crippen LogP contribution in [0.1, 0.15) is 22.8 Å². The molecule has 2 atom stereocenters. The highest BCUT2D eigenvalue weighted by molar-refractivity contribution is 5.92. The zero-order valence-corrected chi connectivity index (χ0v) is 23.7. The SMILES string of the molecule is C1=CC2C(c3ccccc3N2c2ccccc2)c2c1oc1ccc(-c3nc(-c4ccccc4)nc(-c4ccccc4)n3)cc21. The molecule has 3 heterocycles. The summed E-state index contributed by atoms with van der Waals surface area (Å²) in [4.78, 5) is 17.3. The molecule has 0 amide bonds. The van der Waals surface area contributed by atoms with Crippen molar-refractivity contribution in [3.8, 4) is 34.2 Å². The van der Waals surface area contributed by atoms with Gasteiger partial charge in [0.1, 0.15) is 11.3 Å². The minimum Gasteiger partial charge on any atom is -0.456 e. The van der Waals surface area contributed by atoms with Gasteiger partial charge in [-0.3, -0.25) is 0 Å². The van der Waals surface area contributed by atoms with Crippen LogP contribution < -0.4 is 4.90 Å². The predicted molar refractivity (Wildman–Crippen MR) is 176 cm³/mol. The molecule has 0 radical (unpaired) electrons. The molecule has 0 N–H and O–H groups in total. The maximum Gasteiger partial charge on any atom is 0.164 e. The molecule has 0 saturated heterocycles. The van der Waals surface area contributed by atoms with E-state index >= 15 is 0 Å². The van der Waals surface area contributed by atoms with E-state index in [0.29, 0.717) is 17.5 Å². The van der Waals surface area contributed by atoms with Crippen LogP contribution in [0.5, 0.6) is 0 Å². The lowest BCUT2D eigenvalue weighted by Gasteiger charge is -2.30. The molecule has 5 heteroatoms. The first-order valence-electron chi connectivity index (χ1n) is 14.9. The Morgan fingerprint density at radius 1 is 0.568 bits per heavy atom. The normalized spacial score (nSPS) is 16.5. The molecule has 5 nitrogen and oxygen atoms in total. The van der Waals surface area contributed by atoms with Gasteiger partial charge in [-0.15, -0.1) is 0 Å². The van der Waals surface area contributed by atoms with E-state index in [1.54, 1.807) is 0 Å². The van der Waals surface area contributed by atoms with E-state index in [1.807, 2.05) is 60.7 Å². The van der Waals surface area contributed by atoms with Gasteiger partial charge in [-0.05, 0) is 48.0 Å². The number of hydrogen-bond donors (Lipinski definition) is 0.